The minimum Gasteiger partial charge on any atom is -0.392 e. The van der Waals surface area contributed by atoms with Gasteiger partial charge in [0.15, 0.2) is 0 Å². The largest absolute Gasteiger partial charge is 0.392 e. The third kappa shape index (κ3) is 31.8. The maximum Gasteiger partial charge on any atom is 0.148 e. The highest BCUT2D eigenvalue weighted by Crippen LogP contribution is 2.38. The summed E-state index contributed by atoms with van der Waals surface area (Å²) in [4.78, 5) is 47.1. The Bertz CT molecular complexity index is 3950. The molecule has 5 aliphatic heterocycles. The molecule has 11 aliphatic rings. The zero-order valence-corrected chi connectivity index (χ0v) is 80.6. The van der Waals surface area contributed by atoms with Gasteiger partial charge in [0.05, 0.1) is 82.7 Å². The fraction of sp³-hybridized carbons (Fsp3) is 0.622. The maximum atomic E-state index is 11.8. The van der Waals surface area contributed by atoms with Gasteiger partial charge in [-0.05, 0) is 166 Å². The molecule has 123 heavy (non-hydrogen) atoms. The van der Waals surface area contributed by atoms with E-state index in [0.29, 0.717) is 133 Å². The molecule has 9 unspecified atom stereocenters. The van der Waals surface area contributed by atoms with Gasteiger partial charge in [-0.2, -0.15) is 0 Å². The summed E-state index contributed by atoms with van der Waals surface area (Å²) in [6.07, 6.45) is 36.5. The molecular formula is C98H137Cl10N5O9S. The molecule has 11 fully saturated rings. The van der Waals surface area contributed by atoms with Crippen LogP contribution < -0.4 is 0 Å². The number of thioether (sulfide) groups is 1. The normalized spacial score (nSPS) is 27.1. The van der Waals surface area contributed by atoms with Crippen molar-refractivity contribution in [2.75, 3.05) is 97.0 Å². The number of halogens is 10. The van der Waals surface area contributed by atoms with Gasteiger partial charge in [0.25, 0.3) is 0 Å². The van der Waals surface area contributed by atoms with Crippen molar-refractivity contribution in [2.24, 2.45) is 5.92 Å². The standard InChI is InChI=1S/C24H29NO2.C22H27NO2.C18H32ClNO2.C17H21Cl2NO2.C17H23Cl2NOS.5ClH/c26-21-15-16-25(17-21)23-13-7-8-14-24(23)27-18-22(19-9-3-1-4-10-19)20-11-5-2-6-12-20;24-19-12-14-23(16-19)21-10-3-4-11-22(21)25-15-13-18-8-5-7-17-6-1-2-9-20(17)18;19-16-6-2-1-5-14(16)10-12-22-18-8-4-3-7-17(18)20-11-9-15(21)13-20;18-14-4-3-5-15(19)13(14)11-22-17-7-2-1-6-16(17)20-9-8-12(21)10-20;18-14-4-3-5-15(19)13(14)8-10-21-17-7-2-1-6-16(17)20-9-11-22-12-20;;;;;/h1-6,9-12,22-24H,7-8,13-18H2;1-2,5-9,21-22H,3-4,10-16H2;14-18,21H,1-13H2;3-5,16-17H,1-2,6-11H2;3-5,16-17H,1-2,6-12H2;5*1H/t;21-,22+;;2*16-,17?;;;;;/m.1.11...../s1. The van der Waals surface area contributed by atoms with E-state index in [4.69, 9.17) is 81.7 Å². The van der Waals surface area contributed by atoms with Crippen LogP contribution in [0.5, 0.6) is 0 Å². The summed E-state index contributed by atoms with van der Waals surface area (Å²) in [5, 5.41) is 15.6. The molecule has 0 spiro atoms. The number of carbonyl (C=O) groups is 3. The van der Waals surface area contributed by atoms with Gasteiger partial charge in [0.2, 0.25) is 0 Å². The van der Waals surface area contributed by atoms with Crippen molar-refractivity contribution in [1.82, 2.24) is 24.5 Å². The van der Waals surface area contributed by atoms with Crippen LogP contribution in [0.4, 0.5) is 0 Å². The van der Waals surface area contributed by atoms with E-state index in [1.807, 2.05) is 48.2 Å². The Kier molecular flexibility index (Phi) is 48.4. The number of hydrogen-bond acceptors (Lipinski definition) is 15. The average Bonchev–Trinajstić information content (AvgIpc) is 1.81. The molecular weight excluding hydrogens is 1780 g/mol. The second-order valence-corrected chi connectivity index (χ2v) is 38.3. The Hall–Kier alpha value is -2.60. The molecule has 17 rings (SSSR count). The van der Waals surface area contributed by atoms with Crippen molar-refractivity contribution in [3.05, 3.63) is 187 Å². The first kappa shape index (κ1) is 106. The summed E-state index contributed by atoms with van der Waals surface area (Å²) in [6.45, 7) is 11.1. The predicted molar refractivity (Wildman–Crippen MR) is 520 cm³/mol. The first-order chi connectivity index (χ1) is 57.8. The van der Waals surface area contributed by atoms with E-state index in [2.05, 4.69) is 128 Å². The lowest BCUT2D eigenvalue weighted by Crippen LogP contribution is -2.46. The number of nitrogens with zero attached hydrogens (tertiary/aromatic N) is 5. The molecule has 13 atom stereocenters. The summed E-state index contributed by atoms with van der Waals surface area (Å²) in [5.41, 5.74) is 5.82. The Morgan fingerprint density at radius 2 is 0.797 bits per heavy atom. The van der Waals surface area contributed by atoms with E-state index in [0.717, 1.165) is 131 Å². The highest BCUT2D eigenvalue weighted by Gasteiger charge is 2.40. The SMILES string of the molecule is Cl.Cl.Cl.Cl.Cl.Clc1cccc(Cl)c1CCOC1CCCC[C@H]1N1CCSC1.O=C1CCN(C2CCCCC2OCC(c2ccccc2)c2ccccc2)C1.O=C1CCN([C@@H]2CCCCC2OCc2c(Cl)cccc2Cl)C1.O=C1CCN([C@@H]2CCCC[C@@H]2OCCc2cccc3ccccc23)C1.OC1CCN(C2CCCCC2OCCC2CCCCC2Cl)C1. The summed E-state index contributed by atoms with van der Waals surface area (Å²) < 4.78 is 31.6. The lowest BCUT2D eigenvalue weighted by Gasteiger charge is -2.38. The summed E-state index contributed by atoms with van der Waals surface area (Å²) >= 11 is 33.4. The van der Waals surface area contributed by atoms with E-state index in [1.165, 1.54) is 168 Å². The van der Waals surface area contributed by atoms with Gasteiger partial charge >= 0.3 is 0 Å². The molecule has 5 heterocycles. The average molecular weight is 1920 g/mol. The third-order valence-electron chi connectivity index (χ3n) is 27.2. The smallest absolute Gasteiger partial charge is 0.148 e. The molecule has 25 heteroatoms. The van der Waals surface area contributed by atoms with Crippen LogP contribution in [0.25, 0.3) is 10.8 Å². The van der Waals surface area contributed by atoms with Crippen molar-refractivity contribution in [1.29, 1.82) is 0 Å². The van der Waals surface area contributed by atoms with Gasteiger partial charge in [-0.25, -0.2) is 0 Å². The Labute approximate surface area is 795 Å². The molecule has 1 N–H and O–H groups in total. The van der Waals surface area contributed by atoms with E-state index < -0.39 is 0 Å². The fourth-order valence-electron chi connectivity index (χ4n) is 20.6. The van der Waals surface area contributed by atoms with Crippen LogP contribution in [-0.4, -0.2) is 216 Å². The van der Waals surface area contributed by atoms with E-state index in [1.54, 1.807) is 0 Å². The van der Waals surface area contributed by atoms with Gasteiger partial charge in [0, 0.05) is 144 Å². The van der Waals surface area contributed by atoms with Crippen molar-refractivity contribution in [3.63, 3.8) is 0 Å². The maximum absolute atomic E-state index is 11.8. The summed E-state index contributed by atoms with van der Waals surface area (Å²) in [6, 6.07) is 49.9. The molecule has 0 aromatic heterocycles. The second kappa shape index (κ2) is 56.3. The molecule has 6 aliphatic carbocycles. The van der Waals surface area contributed by atoms with Gasteiger partial charge in [-0.3, -0.25) is 38.9 Å². The molecule has 6 aromatic rings. The molecule has 5 saturated heterocycles. The minimum atomic E-state index is -0.123. The van der Waals surface area contributed by atoms with Crippen LogP contribution in [0.3, 0.4) is 0 Å². The molecule has 0 amide bonds. The van der Waals surface area contributed by atoms with Crippen LogP contribution >= 0.6 is 132 Å². The molecule has 6 saturated carbocycles. The lowest BCUT2D eigenvalue weighted by atomic mass is 9.86. The number of ketones is 3. The van der Waals surface area contributed by atoms with Gasteiger partial charge < -0.3 is 28.8 Å². The Balaban J connectivity index is 0.000000189. The quantitative estimate of drug-likeness (QED) is 0.0545. The number of aliphatic hydroxyl groups is 1. The fourth-order valence-corrected chi connectivity index (χ4v) is 23.2. The van der Waals surface area contributed by atoms with Crippen LogP contribution in [0.15, 0.2) is 140 Å². The number of rotatable bonds is 25. The number of alkyl halides is 1. The number of aliphatic hydroxyl groups excluding tert-OH is 1. The molecule has 14 nitrogen and oxygen atoms in total. The van der Waals surface area contributed by atoms with E-state index in [-0.39, 0.29) is 92.4 Å². The van der Waals surface area contributed by atoms with E-state index in [9.17, 15) is 19.5 Å². The van der Waals surface area contributed by atoms with Crippen molar-refractivity contribution < 1.29 is 43.2 Å². The number of ether oxygens (including phenoxy) is 5. The second-order valence-electron chi connectivity index (χ2n) is 35.0. The molecule has 6 aromatic carbocycles. The zero-order valence-electron chi connectivity index (χ0n) is 71.9. The first-order valence-electron chi connectivity index (χ1n) is 45.4. The molecule has 684 valence electrons. The third-order valence-corrected chi connectivity index (χ3v) is 30.2. The number of β-amino-alcohol motifs (C(OH)–C–C–N with tert-alkyl or cyclic N) is 1. The van der Waals surface area contributed by atoms with Crippen LogP contribution in [0.2, 0.25) is 20.1 Å². The monoisotopic (exact) mass is 1910 g/mol. The number of Topliss-reactive ketones (excluding diaryl/α,β-unsaturated/α-hetero) is 3. The summed E-state index contributed by atoms with van der Waals surface area (Å²) in [5.74, 6) is 4.45. The highest BCUT2D eigenvalue weighted by atomic mass is 35.5. The van der Waals surface area contributed by atoms with Crippen molar-refractivity contribution >= 4 is 160 Å². The zero-order chi connectivity index (χ0) is 81.8. The van der Waals surface area contributed by atoms with Crippen LogP contribution in [-0.2, 0) is 57.5 Å². The number of hydrogen-bond donors (Lipinski definition) is 1. The number of likely N-dealkylation sites (tertiary alicyclic amines) is 4. The lowest BCUT2D eigenvalue weighted by molar-refractivity contribution is -0.118. The van der Waals surface area contributed by atoms with Gasteiger partial charge in [0.1, 0.15) is 17.3 Å². The van der Waals surface area contributed by atoms with Crippen LogP contribution in [0.1, 0.15) is 220 Å². The van der Waals surface area contributed by atoms with Gasteiger partial charge in [-0.1, -0.05) is 239 Å². The number of fused-ring (bicyclic) bond motifs is 1. The predicted octanol–water partition coefficient (Wildman–Crippen LogP) is 23.0. The van der Waals surface area contributed by atoms with Crippen molar-refractivity contribution in [3.8, 4) is 0 Å². The van der Waals surface area contributed by atoms with Crippen molar-refractivity contribution in [2.45, 2.75) is 284 Å². The topological polar surface area (TPSA) is 134 Å². The molecule has 0 bridgehead atoms. The minimum absolute atomic E-state index is 0. The Morgan fingerprint density at radius 1 is 0.390 bits per heavy atom. The summed E-state index contributed by atoms with van der Waals surface area (Å²) in [7, 11) is 0. The Morgan fingerprint density at radius 3 is 1.26 bits per heavy atom. The van der Waals surface area contributed by atoms with Gasteiger partial charge in [-0.15, -0.1) is 85.4 Å². The van der Waals surface area contributed by atoms with Crippen LogP contribution in [0, 0.1) is 5.92 Å². The number of carbonyl (C=O) groups excluding carboxylic acids is 3. The first-order valence-corrected chi connectivity index (χ1v) is 48.5. The number of benzene rings is 6. The highest BCUT2D eigenvalue weighted by molar-refractivity contribution is 7.99. The molecule has 0 radical (unpaired) electrons. The van der Waals surface area contributed by atoms with E-state index >= 15 is 0 Å².